The molecule has 0 aliphatic heterocycles. The van der Waals surface area contributed by atoms with E-state index in [0.29, 0.717) is 6.04 Å². The average Bonchev–Trinajstić information content (AvgIpc) is 3.23. The van der Waals surface area contributed by atoms with Crippen LogP contribution in [-0.4, -0.2) is 24.6 Å². The second-order valence-corrected chi connectivity index (χ2v) is 6.25. The van der Waals surface area contributed by atoms with Crippen LogP contribution in [0.2, 0.25) is 0 Å². The molecule has 20 heavy (non-hydrogen) atoms. The summed E-state index contributed by atoms with van der Waals surface area (Å²) in [5.74, 6) is 2.03. The lowest BCUT2D eigenvalue weighted by Crippen LogP contribution is -2.33. The Morgan fingerprint density at radius 1 is 1.40 bits per heavy atom. The van der Waals surface area contributed by atoms with Crippen LogP contribution in [0.3, 0.4) is 0 Å². The van der Waals surface area contributed by atoms with Gasteiger partial charge in [0.2, 0.25) is 0 Å². The second-order valence-electron chi connectivity index (χ2n) is 6.25. The second kappa shape index (κ2) is 6.57. The summed E-state index contributed by atoms with van der Waals surface area (Å²) in [5.41, 5.74) is 3.83. The van der Waals surface area contributed by atoms with Gasteiger partial charge in [0, 0.05) is 30.9 Å². The minimum absolute atomic E-state index is 0.591. The quantitative estimate of drug-likeness (QED) is 0.773. The third-order valence-corrected chi connectivity index (χ3v) is 4.43. The fraction of sp³-hybridized carbons (Fsp3) is 0.706. The predicted octanol–water partition coefficient (Wildman–Crippen LogP) is 3.43. The summed E-state index contributed by atoms with van der Waals surface area (Å²) < 4.78 is 0. The van der Waals surface area contributed by atoms with Crippen LogP contribution in [-0.2, 0) is 6.54 Å². The number of nitrogens with one attached hydrogen (secondary N) is 1. The van der Waals surface area contributed by atoms with E-state index in [1.165, 1.54) is 36.2 Å². The standard InChI is InChI=1S/C17H29N3/c1-6-9-18-11-16-12(2)10-13(3)19-17(16)20(5)14(4)15-7-8-15/h10,14-15,18H,6-9,11H2,1-5H3. The lowest BCUT2D eigenvalue weighted by atomic mass is 10.1. The van der Waals surface area contributed by atoms with E-state index >= 15 is 0 Å². The van der Waals surface area contributed by atoms with Crippen LogP contribution in [0.1, 0.15) is 49.9 Å². The molecule has 1 N–H and O–H groups in total. The van der Waals surface area contributed by atoms with Gasteiger partial charge in [-0.15, -0.1) is 0 Å². The summed E-state index contributed by atoms with van der Waals surface area (Å²) in [6, 6.07) is 2.79. The number of hydrogen-bond acceptors (Lipinski definition) is 3. The van der Waals surface area contributed by atoms with Crippen molar-refractivity contribution in [2.24, 2.45) is 5.92 Å². The first-order valence-corrected chi connectivity index (χ1v) is 7.95. The Hall–Kier alpha value is -1.09. The van der Waals surface area contributed by atoms with Gasteiger partial charge in [0.25, 0.3) is 0 Å². The Balaban J connectivity index is 2.23. The Kier molecular flexibility index (Phi) is 5.03. The van der Waals surface area contributed by atoms with E-state index in [1.54, 1.807) is 0 Å². The highest BCUT2D eigenvalue weighted by Crippen LogP contribution is 2.37. The fourth-order valence-electron chi connectivity index (χ4n) is 2.83. The Labute approximate surface area is 123 Å². The highest BCUT2D eigenvalue weighted by atomic mass is 15.2. The Morgan fingerprint density at radius 3 is 2.70 bits per heavy atom. The van der Waals surface area contributed by atoms with Crippen molar-refractivity contribution in [1.29, 1.82) is 0 Å². The molecule has 1 saturated carbocycles. The molecule has 1 atom stereocenters. The van der Waals surface area contributed by atoms with Crippen molar-refractivity contribution in [3.8, 4) is 0 Å². The molecule has 0 amide bonds. The van der Waals surface area contributed by atoms with Gasteiger partial charge in [-0.1, -0.05) is 6.92 Å². The van der Waals surface area contributed by atoms with Crippen LogP contribution in [0.15, 0.2) is 6.07 Å². The summed E-state index contributed by atoms with van der Waals surface area (Å²) in [4.78, 5) is 7.22. The third kappa shape index (κ3) is 3.51. The molecule has 1 fully saturated rings. The van der Waals surface area contributed by atoms with Crippen LogP contribution in [0.25, 0.3) is 0 Å². The van der Waals surface area contributed by atoms with Crippen molar-refractivity contribution in [2.75, 3.05) is 18.5 Å². The van der Waals surface area contributed by atoms with Gasteiger partial charge in [-0.2, -0.15) is 0 Å². The summed E-state index contributed by atoms with van der Waals surface area (Å²) in [6.07, 6.45) is 3.92. The lowest BCUT2D eigenvalue weighted by Gasteiger charge is -2.29. The van der Waals surface area contributed by atoms with Crippen LogP contribution in [0, 0.1) is 19.8 Å². The number of aromatic nitrogens is 1. The Bertz CT molecular complexity index is 452. The van der Waals surface area contributed by atoms with Gasteiger partial charge in [-0.25, -0.2) is 4.98 Å². The van der Waals surface area contributed by atoms with Crippen molar-refractivity contribution < 1.29 is 0 Å². The first kappa shape index (κ1) is 15.3. The molecule has 0 spiro atoms. The third-order valence-electron chi connectivity index (χ3n) is 4.43. The number of aryl methyl sites for hydroxylation is 2. The largest absolute Gasteiger partial charge is 0.356 e. The molecule has 1 heterocycles. The number of nitrogens with zero attached hydrogens (tertiary/aromatic N) is 2. The summed E-state index contributed by atoms with van der Waals surface area (Å²) in [7, 11) is 2.20. The Morgan fingerprint density at radius 2 is 2.10 bits per heavy atom. The van der Waals surface area contributed by atoms with Gasteiger partial charge in [0.1, 0.15) is 5.82 Å². The van der Waals surface area contributed by atoms with Crippen molar-refractivity contribution in [3.05, 3.63) is 22.9 Å². The van der Waals surface area contributed by atoms with E-state index < -0.39 is 0 Å². The molecular formula is C17H29N3. The van der Waals surface area contributed by atoms with E-state index in [2.05, 4.69) is 51.0 Å². The van der Waals surface area contributed by atoms with Gasteiger partial charge >= 0.3 is 0 Å². The maximum Gasteiger partial charge on any atom is 0.133 e. The predicted molar refractivity (Wildman–Crippen MR) is 86.3 cm³/mol. The van der Waals surface area contributed by atoms with Crippen molar-refractivity contribution in [2.45, 2.75) is 59.5 Å². The van der Waals surface area contributed by atoms with Crippen LogP contribution >= 0.6 is 0 Å². The van der Waals surface area contributed by atoms with Gasteiger partial charge in [-0.05, 0) is 64.1 Å². The molecule has 0 radical (unpaired) electrons. The average molecular weight is 275 g/mol. The molecule has 1 aromatic rings. The highest BCUT2D eigenvalue weighted by Gasteiger charge is 2.32. The molecule has 1 aliphatic carbocycles. The first-order valence-electron chi connectivity index (χ1n) is 7.95. The summed E-state index contributed by atoms with van der Waals surface area (Å²) in [6.45, 7) is 10.8. The van der Waals surface area contributed by atoms with E-state index in [1.807, 2.05) is 0 Å². The van der Waals surface area contributed by atoms with Gasteiger partial charge < -0.3 is 10.2 Å². The van der Waals surface area contributed by atoms with Crippen LogP contribution in [0.5, 0.6) is 0 Å². The molecule has 1 unspecified atom stereocenters. The van der Waals surface area contributed by atoms with Gasteiger partial charge in [-0.3, -0.25) is 0 Å². The zero-order valence-corrected chi connectivity index (χ0v) is 13.7. The van der Waals surface area contributed by atoms with Crippen molar-refractivity contribution >= 4 is 5.82 Å². The molecule has 3 nitrogen and oxygen atoms in total. The normalized spacial score (nSPS) is 16.2. The maximum atomic E-state index is 4.83. The van der Waals surface area contributed by atoms with E-state index in [9.17, 15) is 0 Å². The monoisotopic (exact) mass is 275 g/mol. The molecule has 0 bridgehead atoms. The molecule has 2 rings (SSSR count). The SMILES string of the molecule is CCCNCc1c(C)cc(C)nc1N(C)C(C)C1CC1. The van der Waals surface area contributed by atoms with Crippen molar-refractivity contribution in [1.82, 2.24) is 10.3 Å². The molecule has 3 heteroatoms. The zero-order valence-electron chi connectivity index (χ0n) is 13.7. The van der Waals surface area contributed by atoms with Crippen LogP contribution < -0.4 is 10.2 Å². The molecular weight excluding hydrogens is 246 g/mol. The van der Waals surface area contributed by atoms with E-state index in [0.717, 1.165) is 24.7 Å². The molecule has 0 saturated heterocycles. The maximum absolute atomic E-state index is 4.83. The molecule has 112 valence electrons. The smallest absolute Gasteiger partial charge is 0.133 e. The molecule has 1 aliphatic rings. The van der Waals surface area contributed by atoms with E-state index in [-0.39, 0.29) is 0 Å². The van der Waals surface area contributed by atoms with Gasteiger partial charge in [0.15, 0.2) is 0 Å². The first-order chi connectivity index (χ1) is 9.54. The number of rotatable bonds is 7. The number of hydrogen-bond donors (Lipinski definition) is 1. The van der Waals surface area contributed by atoms with E-state index in [4.69, 9.17) is 4.98 Å². The summed E-state index contributed by atoms with van der Waals surface area (Å²) in [5, 5.41) is 3.52. The minimum Gasteiger partial charge on any atom is -0.356 e. The van der Waals surface area contributed by atoms with Gasteiger partial charge in [0.05, 0.1) is 0 Å². The summed E-state index contributed by atoms with van der Waals surface area (Å²) >= 11 is 0. The molecule has 0 aromatic carbocycles. The lowest BCUT2D eigenvalue weighted by molar-refractivity contribution is 0.596. The number of pyridine rings is 1. The molecule has 1 aromatic heterocycles. The highest BCUT2D eigenvalue weighted by molar-refractivity contribution is 5.52. The fourth-order valence-corrected chi connectivity index (χ4v) is 2.83. The van der Waals surface area contributed by atoms with Crippen LogP contribution in [0.4, 0.5) is 5.82 Å². The minimum atomic E-state index is 0.591. The number of anilines is 1. The zero-order chi connectivity index (χ0) is 14.7. The van der Waals surface area contributed by atoms with Crippen molar-refractivity contribution in [3.63, 3.8) is 0 Å². The topological polar surface area (TPSA) is 28.2 Å².